The van der Waals surface area contributed by atoms with E-state index in [0.717, 1.165) is 19.3 Å². The predicted molar refractivity (Wildman–Crippen MR) is 143 cm³/mol. The third-order valence-corrected chi connectivity index (χ3v) is 7.31. The second-order valence-electron chi connectivity index (χ2n) is 9.88. The maximum absolute atomic E-state index is 14.8. The van der Waals surface area contributed by atoms with E-state index >= 15 is 0 Å². The van der Waals surface area contributed by atoms with Gasteiger partial charge in [0.2, 0.25) is 0 Å². The van der Waals surface area contributed by atoms with Gasteiger partial charge in [-0.3, -0.25) is 9.59 Å². The Morgan fingerprint density at radius 2 is 1.76 bits per heavy atom. The molecule has 1 saturated heterocycles. The number of amides is 2. The molecular weight excluding hydrogens is 509 g/mol. The lowest BCUT2D eigenvalue weighted by Gasteiger charge is -2.34. The van der Waals surface area contributed by atoms with Crippen LogP contribution < -0.4 is 0 Å². The lowest BCUT2D eigenvalue weighted by Crippen LogP contribution is -2.50. The third kappa shape index (κ3) is 5.65. The summed E-state index contributed by atoms with van der Waals surface area (Å²) >= 11 is 6.53. The standard InChI is InChI=1S/C29H29ClFN3O4/c1-2-13-38-29(37)34-11-9-33(10-12-34)28(36)20-6-7-21-23(30)17-25(32-26(21)16-20)19-5-8-22(24(31)15-19)27(35)14-18-3-4-18/h5-8,15-18H,2-4,9-14H2,1H3. The van der Waals surface area contributed by atoms with E-state index in [4.69, 9.17) is 16.3 Å². The lowest BCUT2D eigenvalue weighted by atomic mass is 10.0. The normalized spacial score (nSPS) is 15.6. The molecule has 0 N–H and O–H groups in total. The second kappa shape index (κ2) is 11.1. The number of ketones is 1. The van der Waals surface area contributed by atoms with Crippen LogP contribution in [0.1, 0.15) is 53.3 Å². The molecule has 2 aromatic carbocycles. The number of piperazine rings is 1. The van der Waals surface area contributed by atoms with Crippen LogP contribution in [0, 0.1) is 11.7 Å². The highest BCUT2D eigenvalue weighted by Gasteiger charge is 2.27. The molecule has 0 atom stereocenters. The average molecular weight is 538 g/mol. The van der Waals surface area contributed by atoms with E-state index in [1.54, 1.807) is 40.1 Å². The number of benzene rings is 2. The van der Waals surface area contributed by atoms with Crippen molar-refractivity contribution in [1.29, 1.82) is 0 Å². The second-order valence-corrected chi connectivity index (χ2v) is 10.3. The highest BCUT2D eigenvalue weighted by Crippen LogP contribution is 2.34. The van der Waals surface area contributed by atoms with Crippen molar-refractivity contribution in [3.63, 3.8) is 0 Å². The molecule has 0 radical (unpaired) electrons. The minimum atomic E-state index is -0.576. The Hall–Kier alpha value is -3.52. The number of hydrogen-bond donors (Lipinski definition) is 0. The Morgan fingerprint density at radius 1 is 1.03 bits per heavy atom. The van der Waals surface area contributed by atoms with Gasteiger partial charge in [0.15, 0.2) is 5.78 Å². The van der Waals surface area contributed by atoms with Crippen LogP contribution in [0.3, 0.4) is 0 Å². The summed E-state index contributed by atoms with van der Waals surface area (Å²) in [5.74, 6) is -0.539. The molecule has 38 heavy (non-hydrogen) atoms. The Balaban J connectivity index is 1.33. The number of aromatic nitrogens is 1. The smallest absolute Gasteiger partial charge is 0.409 e. The van der Waals surface area contributed by atoms with Gasteiger partial charge in [-0.05, 0) is 55.5 Å². The summed E-state index contributed by atoms with van der Waals surface area (Å²) in [4.78, 5) is 45.6. The fourth-order valence-corrected chi connectivity index (χ4v) is 4.88. The zero-order valence-electron chi connectivity index (χ0n) is 21.2. The first-order valence-corrected chi connectivity index (χ1v) is 13.4. The van der Waals surface area contributed by atoms with Gasteiger partial charge in [-0.2, -0.15) is 0 Å². The summed E-state index contributed by atoms with van der Waals surface area (Å²) in [7, 11) is 0. The van der Waals surface area contributed by atoms with Crippen LogP contribution >= 0.6 is 11.6 Å². The van der Waals surface area contributed by atoms with Crippen LogP contribution in [0.4, 0.5) is 9.18 Å². The van der Waals surface area contributed by atoms with Gasteiger partial charge in [0.05, 0.1) is 28.4 Å². The van der Waals surface area contributed by atoms with Crippen molar-refractivity contribution in [3.05, 3.63) is 64.4 Å². The number of ether oxygens (including phenoxy) is 1. The highest BCUT2D eigenvalue weighted by atomic mass is 35.5. The molecule has 198 valence electrons. The summed E-state index contributed by atoms with van der Waals surface area (Å²) in [6.07, 6.45) is 2.84. The van der Waals surface area contributed by atoms with Crippen LogP contribution in [0.15, 0.2) is 42.5 Å². The van der Waals surface area contributed by atoms with Gasteiger partial charge < -0.3 is 14.5 Å². The fraction of sp³-hybridized carbons (Fsp3) is 0.379. The van der Waals surface area contributed by atoms with Crippen LogP contribution in [0.5, 0.6) is 0 Å². The number of hydrogen-bond acceptors (Lipinski definition) is 5. The van der Waals surface area contributed by atoms with Crippen molar-refractivity contribution < 1.29 is 23.5 Å². The van der Waals surface area contributed by atoms with E-state index in [0.29, 0.717) is 77.9 Å². The molecule has 2 fully saturated rings. The largest absolute Gasteiger partial charge is 0.449 e. The molecule has 7 nitrogen and oxygen atoms in total. The molecule has 1 aliphatic heterocycles. The van der Waals surface area contributed by atoms with Crippen molar-refractivity contribution in [2.24, 2.45) is 5.92 Å². The number of halogens is 2. The number of fused-ring (bicyclic) bond motifs is 1. The predicted octanol–water partition coefficient (Wildman–Crippen LogP) is 5.98. The molecule has 2 amide bonds. The quantitative estimate of drug-likeness (QED) is 0.346. The van der Waals surface area contributed by atoms with E-state index < -0.39 is 5.82 Å². The summed E-state index contributed by atoms with van der Waals surface area (Å²) in [5, 5.41) is 1.10. The molecule has 0 spiro atoms. The zero-order valence-corrected chi connectivity index (χ0v) is 22.0. The van der Waals surface area contributed by atoms with Crippen molar-refractivity contribution in [2.45, 2.75) is 32.6 Å². The molecule has 1 aliphatic carbocycles. The van der Waals surface area contributed by atoms with Gasteiger partial charge in [0, 0.05) is 49.1 Å². The summed E-state index contributed by atoms with van der Waals surface area (Å²) < 4.78 is 20.0. The molecule has 1 aromatic heterocycles. The van der Waals surface area contributed by atoms with Crippen LogP contribution in [0.2, 0.25) is 5.02 Å². The van der Waals surface area contributed by atoms with Crippen molar-refractivity contribution in [2.75, 3.05) is 32.8 Å². The Labute approximate surface area is 225 Å². The number of rotatable bonds is 7. The maximum atomic E-state index is 14.8. The topological polar surface area (TPSA) is 79.8 Å². The zero-order chi connectivity index (χ0) is 26.8. The number of carbonyl (C=O) groups is 3. The van der Waals surface area contributed by atoms with Crippen molar-refractivity contribution in [1.82, 2.24) is 14.8 Å². The van der Waals surface area contributed by atoms with Gasteiger partial charge in [-0.15, -0.1) is 0 Å². The van der Waals surface area contributed by atoms with Gasteiger partial charge in [0.1, 0.15) is 5.82 Å². The molecular formula is C29H29ClFN3O4. The minimum absolute atomic E-state index is 0.0964. The molecule has 0 unspecified atom stereocenters. The van der Waals surface area contributed by atoms with Gasteiger partial charge >= 0.3 is 6.09 Å². The first-order chi connectivity index (χ1) is 18.3. The molecule has 9 heteroatoms. The Morgan fingerprint density at radius 3 is 2.45 bits per heavy atom. The first-order valence-electron chi connectivity index (χ1n) is 13.0. The van der Waals surface area contributed by atoms with Crippen LogP contribution in [0.25, 0.3) is 22.2 Å². The van der Waals surface area contributed by atoms with E-state index in [1.165, 1.54) is 12.1 Å². The summed E-state index contributed by atoms with van der Waals surface area (Å²) in [5.41, 5.74) is 2.00. The monoisotopic (exact) mass is 537 g/mol. The molecule has 2 aliphatic rings. The van der Waals surface area contributed by atoms with Gasteiger partial charge in [-0.25, -0.2) is 14.2 Å². The number of Topliss-reactive ketones (excluding diaryl/α,β-unsaturated/α-hetero) is 1. The Bertz CT molecular complexity index is 1400. The molecule has 1 saturated carbocycles. The molecule has 3 aromatic rings. The Kier molecular flexibility index (Phi) is 7.61. The van der Waals surface area contributed by atoms with Crippen molar-refractivity contribution >= 4 is 40.3 Å². The first kappa shape index (κ1) is 26.1. The molecule has 5 rings (SSSR count). The molecule has 2 heterocycles. The SMILES string of the molecule is CCCOC(=O)N1CCN(C(=O)c2ccc3c(Cl)cc(-c4ccc(C(=O)CC5CC5)c(F)c4)nc3c2)CC1. The van der Waals surface area contributed by atoms with E-state index in [-0.39, 0.29) is 23.3 Å². The number of pyridine rings is 1. The highest BCUT2D eigenvalue weighted by molar-refractivity contribution is 6.35. The lowest BCUT2D eigenvalue weighted by molar-refractivity contribution is 0.0560. The van der Waals surface area contributed by atoms with E-state index in [9.17, 15) is 18.8 Å². The van der Waals surface area contributed by atoms with Gasteiger partial charge in [-0.1, -0.05) is 30.7 Å². The third-order valence-electron chi connectivity index (χ3n) is 7.00. The molecule has 0 bridgehead atoms. The van der Waals surface area contributed by atoms with Crippen LogP contribution in [-0.2, 0) is 4.74 Å². The number of carbonyl (C=O) groups excluding carboxylic acids is 3. The minimum Gasteiger partial charge on any atom is -0.449 e. The average Bonchev–Trinajstić information content (AvgIpc) is 3.74. The maximum Gasteiger partial charge on any atom is 0.409 e. The number of nitrogens with zero attached hydrogens (tertiary/aromatic N) is 3. The van der Waals surface area contributed by atoms with E-state index in [1.807, 2.05) is 6.92 Å². The van der Waals surface area contributed by atoms with Crippen molar-refractivity contribution in [3.8, 4) is 11.3 Å². The van der Waals surface area contributed by atoms with Gasteiger partial charge in [0.25, 0.3) is 5.91 Å². The summed E-state index contributed by atoms with van der Waals surface area (Å²) in [6, 6.07) is 11.3. The fourth-order valence-electron chi connectivity index (χ4n) is 4.62. The summed E-state index contributed by atoms with van der Waals surface area (Å²) in [6.45, 7) is 3.92. The van der Waals surface area contributed by atoms with E-state index in [2.05, 4.69) is 4.98 Å². The van der Waals surface area contributed by atoms with Crippen LogP contribution in [-0.4, -0.2) is 65.4 Å².